The van der Waals surface area contributed by atoms with Crippen LogP contribution < -0.4 is 0 Å². The van der Waals surface area contributed by atoms with Gasteiger partial charge in [-0.3, -0.25) is 0 Å². The molecule has 8 heteroatoms. The standard InChI is InChI=1S/C10H26O2S4Si2/c1-2-6-17-7-3-5-13-15-16-14-9-12-10-18-8-4-11/h11H,2-10,17-18H2,1H3. The average Bonchev–Trinajstić information content (AvgIpc) is 2.39. The lowest BCUT2D eigenvalue weighted by atomic mass is 10.6. The molecule has 0 aromatic carbocycles. The number of aliphatic hydroxyl groups is 1. The highest BCUT2D eigenvalue weighted by atomic mass is 33.7. The molecule has 0 aromatic rings. The van der Waals surface area contributed by atoms with Gasteiger partial charge in [-0.05, 0) is 32.1 Å². The fraction of sp³-hybridized carbons (Fsp3) is 1.00. The summed E-state index contributed by atoms with van der Waals surface area (Å²) < 4.78 is 5.48. The van der Waals surface area contributed by atoms with E-state index < -0.39 is 0 Å². The van der Waals surface area contributed by atoms with Gasteiger partial charge < -0.3 is 9.84 Å². The van der Waals surface area contributed by atoms with E-state index in [4.69, 9.17) is 9.84 Å². The highest BCUT2D eigenvalue weighted by Gasteiger charge is 1.95. The quantitative estimate of drug-likeness (QED) is 0.208. The molecule has 0 saturated heterocycles. The zero-order valence-corrected chi connectivity index (χ0v) is 17.4. The molecule has 0 atom stereocenters. The van der Waals surface area contributed by atoms with Gasteiger partial charge in [0.2, 0.25) is 0 Å². The van der Waals surface area contributed by atoms with Gasteiger partial charge in [-0.2, -0.15) is 0 Å². The van der Waals surface area contributed by atoms with Crippen molar-refractivity contribution in [1.82, 2.24) is 0 Å². The van der Waals surface area contributed by atoms with Crippen molar-refractivity contribution >= 4 is 60.3 Å². The topological polar surface area (TPSA) is 29.5 Å². The fourth-order valence-corrected chi connectivity index (χ4v) is 9.67. The summed E-state index contributed by atoms with van der Waals surface area (Å²) in [6.45, 7) is 2.63. The molecule has 0 saturated carbocycles. The van der Waals surface area contributed by atoms with Crippen LogP contribution in [0.4, 0.5) is 0 Å². The molecule has 0 amide bonds. The Morgan fingerprint density at radius 1 is 1.06 bits per heavy atom. The number of aliphatic hydroxyl groups excluding tert-OH is 1. The third-order valence-electron chi connectivity index (χ3n) is 2.28. The van der Waals surface area contributed by atoms with E-state index in [-0.39, 0.29) is 19.0 Å². The Bertz CT molecular complexity index is 142. The maximum atomic E-state index is 8.62. The Kier molecular flexibility index (Phi) is 20.6. The minimum absolute atomic E-state index is 0.150. The van der Waals surface area contributed by atoms with E-state index in [0.717, 1.165) is 18.2 Å². The van der Waals surface area contributed by atoms with E-state index >= 15 is 0 Å². The van der Waals surface area contributed by atoms with Gasteiger partial charge in [0.1, 0.15) is 5.94 Å². The summed E-state index contributed by atoms with van der Waals surface area (Å²) in [5, 5.41) is 8.62. The van der Waals surface area contributed by atoms with E-state index in [0.29, 0.717) is 6.61 Å². The summed E-state index contributed by atoms with van der Waals surface area (Å²) in [5.41, 5.74) is 0. The van der Waals surface area contributed by atoms with Gasteiger partial charge in [0.05, 0.1) is 9.52 Å². The predicted octanol–water partition coefficient (Wildman–Crippen LogP) is 2.98. The van der Waals surface area contributed by atoms with Crippen LogP contribution in [0.2, 0.25) is 18.1 Å². The van der Waals surface area contributed by atoms with E-state index in [1.54, 1.807) is 10.8 Å². The maximum Gasteiger partial charge on any atom is 0.103 e. The summed E-state index contributed by atoms with van der Waals surface area (Å²) in [5.74, 6) is 2.10. The second-order valence-electron chi connectivity index (χ2n) is 3.95. The Hall–Kier alpha value is 1.75. The molecule has 0 aliphatic carbocycles. The van der Waals surface area contributed by atoms with Gasteiger partial charge in [0, 0.05) is 28.1 Å². The van der Waals surface area contributed by atoms with E-state index in [1.807, 2.05) is 30.4 Å². The van der Waals surface area contributed by atoms with Crippen molar-refractivity contribution in [2.24, 2.45) is 0 Å². The fourth-order valence-electron chi connectivity index (χ4n) is 1.27. The van der Waals surface area contributed by atoms with Crippen LogP contribution in [0.3, 0.4) is 0 Å². The van der Waals surface area contributed by atoms with Crippen molar-refractivity contribution in [1.29, 1.82) is 0 Å². The lowest BCUT2D eigenvalue weighted by molar-refractivity contribution is 0.233. The molecule has 2 nitrogen and oxygen atoms in total. The SMILES string of the molecule is CCC[SiH2]CCCSSSSCOC[SiH2]CCO. The minimum atomic E-state index is -0.150. The highest BCUT2D eigenvalue weighted by molar-refractivity contribution is 9.26. The molecule has 0 unspecified atom stereocenters. The average molecular weight is 363 g/mol. The highest BCUT2D eigenvalue weighted by Crippen LogP contribution is 2.43. The molecule has 0 heterocycles. The van der Waals surface area contributed by atoms with Crippen molar-refractivity contribution in [2.45, 2.75) is 37.9 Å². The van der Waals surface area contributed by atoms with Gasteiger partial charge >= 0.3 is 0 Å². The number of ether oxygens (including phenoxy) is 1. The van der Waals surface area contributed by atoms with Gasteiger partial charge in [0.25, 0.3) is 0 Å². The van der Waals surface area contributed by atoms with E-state index in [1.165, 1.54) is 30.7 Å². The van der Waals surface area contributed by atoms with Crippen molar-refractivity contribution in [3.63, 3.8) is 0 Å². The van der Waals surface area contributed by atoms with Crippen LogP contribution >= 0.6 is 41.2 Å². The van der Waals surface area contributed by atoms with Gasteiger partial charge in [0.15, 0.2) is 0 Å². The van der Waals surface area contributed by atoms with Crippen molar-refractivity contribution in [3.8, 4) is 0 Å². The smallest absolute Gasteiger partial charge is 0.103 e. The summed E-state index contributed by atoms with van der Waals surface area (Å²) in [6, 6.07) is 4.04. The number of hydrogen-bond donors (Lipinski definition) is 1. The molecule has 0 radical (unpaired) electrons. The Morgan fingerprint density at radius 3 is 2.67 bits per heavy atom. The Labute approximate surface area is 132 Å². The molecule has 0 aromatic heterocycles. The summed E-state index contributed by atoms with van der Waals surface area (Å²) in [7, 11) is 7.63. The molecule has 1 N–H and O–H groups in total. The van der Waals surface area contributed by atoms with Crippen LogP contribution in [0.25, 0.3) is 0 Å². The molecule has 18 heavy (non-hydrogen) atoms. The second kappa shape index (κ2) is 18.8. The third kappa shape index (κ3) is 17.8. The molecule has 110 valence electrons. The molecule has 0 aliphatic heterocycles. The zero-order chi connectivity index (χ0) is 13.3. The van der Waals surface area contributed by atoms with Crippen LogP contribution in [-0.2, 0) is 4.74 Å². The molecular formula is C10H26O2S4Si2. The lowest BCUT2D eigenvalue weighted by Gasteiger charge is -2.02. The number of hydrogen-bond acceptors (Lipinski definition) is 6. The molecule has 0 spiro atoms. The monoisotopic (exact) mass is 362 g/mol. The van der Waals surface area contributed by atoms with E-state index in [9.17, 15) is 0 Å². The molecule has 0 bridgehead atoms. The van der Waals surface area contributed by atoms with Crippen molar-refractivity contribution < 1.29 is 9.84 Å². The Balaban J connectivity index is 2.86. The van der Waals surface area contributed by atoms with Crippen LogP contribution in [0, 0.1) is 0 Å². The first-order valence-electron chi connectivity index (χ1n) is 6.68. The molecule has 0 rings (SSSR count). The van der Waals surface area contributed by atoms with Gasteiger partial charge in [-0.15, -0.1) is 0 Å². The zero-order valence-electron chi connectivity index (χ0n) is 11.3. The van der Waals surface area contributed by atoms with Crippen molar-refractivity contribution in [2.75, 3.05) is 24.5 Å². The first-order valence-corrected chi connectivity index (χ1v) is 15.8. The predicted molar refractivity (Wildman–Crippen MR) is 99.6 cm³/mol. The van der Waals surface area contributed by atoms with Crippen molar-refractivity contribution in [3.05, 3.63) is 0 Å². The van der Waals surface area contributed by atoms with Gasteiger partial charge in [-0.1, -0.05) is 47.0 Å². The molecule has 0 fully saturated rings. The summed E-state index contributed by atoms with van der Waals surface area (Å²) >= 11 is 0. The first-order chi connectivity index (χ1) is 8.91. The van der Waals surface area contributed by atoms with Crippen LogP contribution in [-0.4, -0.2) is 48.7 Å². The molecule has 0 aliphatic rings. The van der Waals surface area contributed by atoms with Crippen LogP contribution in [0.5, 0.6) is 0 Å². The molecular weight excluding hydrogens is 337 g/mol. The maximum absolute atomic E-state index is 8.62. The Morgan fingerprint density at radius 2 is 1.89 bits per heavy atom. The summed E-state index contributed by atoms with van der Waals surface area (Å²) in [6.07, 6.45) is 3.72. The minimum Gasteiger partial charge on any atom is -0.397 e. The normalized spacial score (nSPS) is 12.3. The third-order valence-corrected chi connectivity index (χ3v) is 12.1. The first kappa shape index (κ1) is 19.8. The lowest BCUT2D eigenvalue weighted by Crippen LogP contribution is -2.04. The van der Waals surface area contributed by atoms with Gasteiger partial charge in [-0.25, -0.2) is 0 Å². The summed E-state index contributed by atoms with van der Waals surface area (Å²) in [4.78, 5) is 0. The van der Waals surface area contributed by atoms with E-state index in [2.05, 4.69) is 6.92 Å². The largest absolute Gasteiger partial charge is 0.397 e. The van der Waals surface area contributed by atoms with Crippen LogP contribution in [0.15, 0.2) is 0 Å². The second-order valence-corrected chi connectivity index (χ2v) is 14.0. The van der Waals surface area contributed by atoms with Crippen LogP contribution in [0.1, 0.15) is 19.8 Å². The number of rotatable bonds is 15.